The summed E-state index contributed by atoms with van der Waals surface area (Å²) >= 11 is 0. The molecule has 0 aliphatic carbocycles. The number of likely N-dealkylation sites (N-methyl/N-ethyl adjacent to an activating group) is 1. The van der Waals surface area contributed by atoms with Crippen molar-refractivity contribution in [3.8, 4) is 0 Å². The molecule has 0 heterocycles. The minimum atomic E-state index is -1.47. The van der Waals surface area contributed by atoms with Gasteiger partial charge in [0.15, 0.2) is 5.54 Å². The van der Waals surface area contributed by atoms with E-state index in [9.17, 15) is 14.7 Å². The van der Waals surface area contributed by atoms with Crippen molar-refractivity contribution in [1.29, 1.82) is 0 Å². The van der Waals surface area contributed by atoms with Crippen LogP contribution in [0.15, 0.2) is 30.3 Å². The first kappa shape index (κ1) is 17.0. The van der Waals surface area contributed by atoms with Crippen LogP contribution < -0.4 is 0 Å². The SMILES string of the molecule is CCN(C(=O)OC(C)(C)C)C(C)(C(=O)O)c1ccccc1. The van der Waals surface area contributed by atoms with E-state index in [2.05, 4.69) is 0 Å². The molecule has 0 aliphatic rings. The Morgan fingerprint density at radius 3 is 2.05 bits per heavy atom. The monoisotopic (exact) mass is 293 g/mol. The molecule has 1 amide bonds. The molecule has 5 nitrogen and oxygen atoms in total. The highest BCUT2D eigenvalue weighted by atomic mass is 16.6. The van der Waals surface area contributed by atoms with Gasteiger partial charge in [0.05, 0.1) is 0 Å². The van der Waals surface area contributed by atoms with E-state index in [1.165, 1.54) is 11.8 Å². The summed E-state index contributed by atoms with van der Waals surface area (Å²) in [6.07, 6.45) is -0.640. The third-order valence-electron chi connectivity index (χ3n) is 3.22. The van der Waals surface area contributed by atoms with Gasteiger partial charge in [0, 0.05) is 6.54 Å². The summed E-state index contributed by atoms with van der Waals surface area (Å²) in [5.41, 5.74) is -1.62. The van der Waals surface area contributed by atoms with Crippen molar-refractivity contribution in [3.05, 3.63) is 35.9 Å². The maximum absolute atomic E-state index is 12.4. The Morgan fingerprint density at radius 2 is 1.67 bits per heavy atom. The Labute approximate surface area is 125 Å². The second kappa shape index (κ2) is 6.16. The van der Waals surface area contributed by atoms with E-state index in [-0.39, 0.29) is 6.54 Å². The van der Waals surface area contributed by atoms with Crippen LogP contribution in [0.4, 0.5) is 4.79 Å². The molecule has 5 heteroatoms. The maximum atomic E-state index is 12.4. The van der Waals surface area contributed by atoms with Gasteiger partial charge in [-0.3, -0.25) is 4.90 Å². The fraction of sp³-hybridized carbons (Fsp3) is 0.500. The first-order chi connectivity index (χ1) is 9.63. The third kappa shape index (κ3) is 3.74. The Morgan fingerprint density at radius 1 is 1.14 bits per heavy atom. The van der Waals surface area contributed by atoms with Crippen LogP contribution >= 0.6 is 0 Å². The number of nitrogens with zero attached hydrogens (tertiary/aromatic N) is 1. The van der Waals surface area contributed by atoms with E-state index in [0.717, 1.165) is 0 Å². The van der Waals surface area contributed by atoms with Gasteiger partial charge in [0.25, 0.3) is 0 Å². The van der Waals surface area contributed by atoms with Crippen molar-refractivity contribution in [3.63, 3.8) is 0 Å². The van der Waals surface area contributed by atoms with Crippen molar-refractivity contribution >= 4 is 12.1 Å². The van der Waals surface area contributed by atoms with Gasteiger partial charge in [0.1, 0.15) is 5.60 Å². The Hall–Kier alpha value is -2.04. The first-order valence-corrected chi connectivity index (χ1v) is 6.92. The lowest BCUT2D eigenvalue weighted by Crippen LogP contribution is -2.53. The number of hydrogen-bond donors (Lipinski definition) is 1. The molecular weight excluding hydrogens is 270 g/mol. The number of aliphatic carboxylic acids is 1. The lowest BCUT2D eigenvalue weighted by molar-refractivity contribution is -0.150. The Kier molecular flexibility index (Phi) is 4.99. The summed E-state index contributed by atoms with van der Waals surface area (Å²) in [6.45, 7) is 8.72. The molecule has 1 unspecified atom stereocenters. The zero-order chi connectivity index (χ0) is 16.3. The van der Waals surface area contributed by atoms with E-state index in [0.29, 0.717) is 5.56 Å². The molecule has 21 heavy (non-hydrogen) atoms. The Bertz CT molecular complexity index is 507. The average Bonchev–Trinajstić information content (AvgIpc) is 2.37. The molecule has 1 N–H and O–H groups in total. The fourth-order valence-corrected chi connectivity index (χ4v) is 2.10. The van der Waals surface area contributed by atoms with Crippen LogP contribution in [0.5, 0.6) is 0 Å². The maximum Gasteiger partial charge on any atom is 0.411 e. The molecule has 0 radical (unpaired) electrons. The Balaban J connectivity index is 3.25. The van der Waals surface area contributed by atoms with E-state index < -0.39 is 23.2 Å². The van der Waals surface area contributed by atoms with Crippen LogP contribution in [0.1, 0.15) is 40.2 Å². The van der Waals surface area contributed by atoms with Crippen LogP contribution in [0.2, 0.25) is 0 Å². The quantitative estimate of drug-likeness (QED) is 0.925. The summed E-state index contributed by atoms with van der Waals surface area (Å²) in [6, 6.07) is 8.69. The highest BCUT2D eigenvalue weighted by molar-refractivity contribution is 5.85. The molecule has 1 aromatic carbocycles. The van der Waals surface area contributed by atoms with Gasteiger partial charge >= 0.3 is 12.1 Å². The summed E-state index contributed by atoms with van der Waals surface area (Å²) in [4.78, 5) is 25.4. The van der Waals surface area contributed by atoms with Crippen LogP contribution in [-0.4, -0.2) is 34.2 Å². The molecule has 0 saturated carbocycles. The molecule has 0 bridgehead atoms. The topological polar surface area (TPSA) is 66.8 Å². The van der Waals surface area contributed by atoms with Gasteiger partial charge in [0.2, 0.25) is 0 Å². The number of carbonyl (C=O) groups excluding carboxylic acids is 1. The van der Waals surface area contributed by atoms with E-state index in [1.807, 2.05) is 0 Å². The molecule has 0 fully saturated rings. The minimum absolute atomic E-state index is 0.229. The predicted molar refractivity (Wildman–Crippen MR) is 80.0 cm³/mol. The highest BCUT2D eigenvalue weighted by Crippen LogP contribution is 2.30. The summed E-state index contributed by atoms with van der Waals surface area (Å²) in [7, 11) is 0. The fourth-order valence-electron chi connectivity index (χ4n) is 2.10. The molecule has 1 atom stereocenters. The second-order valence-electron chi connectivity index (χ2n) is 5.97. The largest absolute Gasteiger partial charge is 0.479 e. The number of carbonyl (C=O) groups is 2. The van der Waals surface area contributed by atoms with Gasteiger partial charge in [-0.05, 0) is 40.2 Å². The van der Waals surface area contributed by atoms with Crippen LogP contribution in [0, 0.1) is 0 Å². The zero-order valence-electron chi connectivity index (χ0n) is 13.2. The number of benzene rings is 1. The number of amides is 1. The van der Waals surface area contributed by atoms with Crippen molar-refractivity contribution in [1.82, 2.24) is 4.90 Å². The molecule has 0 saturated heterocycles. The lowest BCUT2D eigenvalue weighted by atomic mass is 9.90. The number of hydrogen-bond acceptors (Lipinski definition) is 3. The van der Waals surface area contributed by atoms with Crippen LogP contribution in [-0.2, 0) is 15.1 Å². The van der Waals surface area contributed by atoms with E-state index in [4.69, 9.17) is 4.74 Å². The van der Waals surface area contributed by atoms with Crippen LogP contribution in [0.25, 0.3) is 0 Å². The van der Waals surface area contributed by atoms with Crippen molar-refractivity contribution < 1.29 is 19.4 Å². The molecule has 1 aromatic rings. The first-order valence-electron chi connectivity index (χ1n) is 6.92. The summed E-state index contributed by atoms with van der Waals surface area (Å²) in [5, 5.41) is 9.69. The van der Waals surface area contributed by atoms with Crippen molar-refractivity contribution in [2.45, 2.75) is 45.8 Å². The minimum Gasteiger partial charge on any atom is -0.479 e. The van der Waals surface area contributed by atoms with Gasteiger partial charge in [-0.25, -0.2) is 9.59 Å². The van der Waals surface area contributed by atoms with E-state index >= 15 is 0 Å². The zero-order valence-corrected chi connectivity index (χ0v) is 13.2. The standard InChI is InChI=1S/C16H23NO4/c1-6-17(14(20)21-15(2,3)4)16(5,13(18)19)12-10-8-7-9-11-12/h7-11H,6H2,1-5H3,(H,18,19). The summed E-state index contributed by atoms with van der Waals surface area (Å²) in [5.74, 6) is -1.10. The van der Waals surface area contributed by atoms with Gasteiger partial charge in [-0.2, -0.15) is 0 Å². The smallest absolute Gasteiger partial charge is 0.411 e. The average molecular weight is 293 g/mol. The normalized spacial score (nSPS) is 14.1. The number of carboxylic acids is 1. The van der Waals surface area contributed by atoms with Crippen LogP contribution in [0.3, 0.4) is 0 Å². The molecule has 0 spiro atoms. The number of carboxylic acid groups (broad SMARTS) is 1. The van der Waals surface area contributed by atoms with E-state index in [1.54, 1.807) is 58.0 Å². The molecule has 0 aliphatic heterocycles. The highest BCUT2D eigenvalue weighted by Gasteiger charge is 2.44. The van der Waals surface area contributed by atoms with Gasteiger partial charge in [-0.15, -0.1) is 0 Å². The summed E-state index contributed by atoms with van der Waals surface area (Å²) < 4.78 is 5.33. The van der Waals surface area contributed by atoms with Gasteiger partial charge in [-0.1, -0.05) is 30.3 Å². The molecule has 116 valence electrons. The molecular formula is C16H23NO4. The molecule has 1 rings (SSSR count). The second-order valence-corrected chi connectivity index (χ2v) is 5.97. The molecule has 0 aromatic heterocycles. The predicted octanol–water partition coefficient (Wildman–Crippen LogP) is 3.24. The number of ether oxygens (including phenoxy) is 1. The lowest BCUT2D eigenvalue weighted by Gasteiger charge is -2.38. The number of rotatable bonds is 4. The van der Waals surface area contributed by atoms with Crippen molar-refractivity contribution in [2.75, 3.05) is 6.54 Å². The van der Waals surface area contributed by atoms with Gasteiger partial charge < -0.3 is 9.84 Å². The van der Waals surface area contributed by atoms with Crippen molar-refractivity contribution in [2.24, 2.45) is 0 Å². The third-order valence-corrected chi connectivity index (χ3v) is 3.22.